The molecule has 1 aliphatic rings. The molecular formula is C17H25NO2. The Morgan fingerprint density at radius 3 is 2.80 bits per heavy atom. The number of carbonyl (C=O) groups is 1. The third-order valence-electron chi connectivity index (χ3n) is 4.43. The maximum absolute atomic E-state index is 11.0. The third kappa shape index (κ3) is 3.60. The number of benzene rings is 1. The summed E-state index contributed by atoms with van der Waals surface area (Å²) in [6, 6.07) is 6.17. The number of carboxylic acids is 1. The Bertz CT molecular complexity index is 470. The topological polar surface area (TPSA) is 40.5 Å². The Morgan fingerprint density at radius 1 is 1.35 bits per heavy atom. The van der Waals surface area contributed by atoms with Crippen LogP contribution in [0.15, 0.2) is 18.2 Å². The minimum Gasteiger partial charge on any atom is -0.478 e. The molecule has 1 heterocycles. The number of aromatic carboxylic acids is 1. The smallest absolute Gasteiger partial charge is 0.335 e. The third-order valence-corrected chi connectivity index (χ3v) is 4.43. The SMILES string of the molecule is CCC1CCCCCN1Cc1ccc(C(=O)O)cc1C. The van der Waals surface area contributed by atoms with E-state index in [1.165, 1.54) is 44.2 Å². The van der Waals surface area contributed by atoms with Crippen molar-refractivity contribution in [3.63, 3.8) is 0 Å². The molecule has 110 valence electrons. The van der Waals surface area contributed by atoms with Crippen LogP contribution in [-0.2, 0) is 6.54 Å². The normalized spacial score (nSPS) is 20.6. The average Bonchev–Trinajstić information content (AvgIpc) is 2.65. The molecule has 0 spiro atoms. The van der Waals surface area contributed by atoms with Crippen LogP contribution in [-0.4, -0.2) is 28.6 Å². The molecule has 3 heteroatoms. The lowest BCUT2D eigenvalue weighted by Crippen LogP contribution is -2.34. The van der Waals surface area contributed by atoms with Crippen molar-refractivity contribution in [3.8, 4) is 0 Å². The number of hydrogen-bond acceptors (Lipinski definition) is 2. The predicted octanol–water partition coefficient (Wildman–Crippen LogP) is 3.85. The van der Waals surface area contributed by atoms with E-state index in [2.05, 4.69) is 11.8 Å². The van der Waals surface area contributed by atoms with Crippen LogP contribution in [0, 0.1) is 6.92 Å². The van der Waals surface area contributed by atoms with Gasteiger partial charge in [0.25, 0.3) is 0 Å². The second kappa shape index (κ2) is 6.89. The van der Waals surface area contributed by atoms with E-state index in [9.17, 15) is 4.79 Å². The van der Waals surface area contributed by atoms with E-state index < -0.39 is 5.97 Å². The van der Waals surface area contributed by atoms with Crippen molar-refractivity contribution in [2.24, 2.45) is 0 Å². The quantitative estimate of drug-likeness (QED) is 0.907. The first-order valence-electron chi connectivity index (χ1n) is 7.68. The Hall–Kier alpha value is -1.35. The number of likely N-dealkylation sites (tertiary alicyclic amines) is 1. The lowest BCUT2D eigenvalue weighted by Gasteiger charge is -2.29. The maximum atomic E-state index is 11.0. The molecule has 0 saturated carbocycles. The molecule has 20 heavy (non-hydrogen) atoms. The Kier molecular flexibility index (Phi) is 5.18. The monoisotopic (exact) mass is 275 g/mol. The summed E-state index contributed by atoms with van der Waals surface area (Å²) in [5, 5.41) is 9.03. The van der Waals surface area contributed by atoms with Gasteiger partial charge in [-0.2, -0.15) is 0 Å². The molecule has 0 aromatic heterocycles. The van der Waals surface area contributed by atoms with Crippen molar-refractivity contribution in [2.45, 2.75) is 58.5 Å². The number of nitrogens with zero attached hydrogens (tertiary/aromatic N) is 1. The van der Waals surface area contributed by atoms with Crippen LogP contribution < -0.4 is 0 Å². The highest BCUT2D eigenvalue weighted by molar-refractivity contribution is 5.87. The molecule has 1 aromatic carbocycles. The van der Waals surface area contributed by atoms with Crippen molar-refractivity contribution in [1.29, 1.82) is 0 Å². The van der Waals surface area contributed by atoms with Crippen LogP contribution in [0.2, 0.25) is 0 Å². The summed E-state index contributed by atoms with van der Waals surface area (Å²) in [4.78, 5) is 13.6. The number of hydrogen-bond donors (Lipinski definition) is 1. The minimum absolute atomic E-state index is 0.383. The van der Waals surface area contributed by atoms with E-state index in [0.29, 0.717) is 11.6 Å². The number of carboxylic acid groups (broad SMARTS) is 1. The van der Waals surface area contributed by atoms with Crippen LogP contribution in [0.25, 0.3) is 0 Å². The van der Waals surface area contributed by atoms with Crippen LogP contribution >= 0.6 is 0 Å². The second-order valence-corrected chi connectivity index (χ2v) is 5.83. The lowest BCUT2D eigenvalue weighted by atomic mass is 10.0. The Labute approximate surface area is 121 Å². The van der Waals surface area contributed by atoms with Gasteiger partial charge in [-0.25, -0.2) is 4.79 Å². The summed E-state index contributed by atoms with van der Waals surface area (Å²) in [7, 11) is 0. The zero-order valence-electron chi connectivity index (χ0n) is 12.6. The molecule has 1 N–H and O–H groups in total. The van der Waals surface area contributed by atoms with Gasteiger partial charge in [0.1, 0.15) is 0 Å². The van der Waals surface area contributed by atoms with Gasteiger partial charge in [0, 0.05) is 12.6 Å². The summed E-state index contributed by atoms with van der Waals surface area (Å²) < 4.78 is 0. The fourth-order valence-electron chi connectivity index (χ4n) is 3.13. The minimum atomic E-state index is -0.846. The van der Waals surface area contributed by atoms with Gasteiger partial charge in [-0.15, -0.1) is 0 Å². The highest BCUT2D eigenvalue weighted by atomic mass is 16.4. The first-order valence-corrected chi connectivity index (χ1v) is 7.68. The second-order valence-electron chi connectivity index (χ2n) is 5.83. The van der Waals surface area contributed by atoms with Gasteiger partial charge in [0.2, 0.25) is 0 Å². The molecule has 3 nitrogen and oxygen atoms in total. The zero-order valence-corrected chi connectivity index (χ0v) is 12.6. The number of aryl methyl sites for hydroxylation is 1. The Balaban J connectivity index is 2.13. The van der Waals surface area contributed by atoms with Crippen molar-refractivity contribution in [3.05, 3.63) is 34.9 Å². The first kappa shape index (κ1) is 15.0. The van der Waals surface area contributed by atoms with Gasteiger partial charge in [-0.3, -0.25) is 4.90 Å². The van der Waals surface area contributed by atoms with E-state index in [1.54, 1.807) is 12.1 Å². The standard InChI is InChI=1S/C17H25NO2/c1-3-16-7-5-4-6-10-18(16)12-15-9-8-14(17(19)20)11-13(15)2/h8-9,11,16H,3-7,10,12H2,1-2H3,(H,19,20). The molecule has 1 fully saturated rings. The summed E-state index contributed by atoms with van der Waals surface area (Å²) in [6.45, 7) is 6.40. The largest absolute Gasteiger partial charge is 0.478 e. The summed E-state index contributed by atoms with van der Waals surface area (Å²) in [5.74, 6) is -0.846. The van der Waals surface area contributed by atoms with Gasteiger partial charge in [0.15, 0.2) is 0 Å². The molecule has 2 rings (SSSR count). The van der Waals surface area contributed by atoms with E-state index in [4.69, 9.17) is 5.11 Å². The molecule has 1 unspecified atom stereocenters. The van der Waals surface area contributed by atoms with Gasteiger partial charge in [0.05, 0.1) is 5.56 Å². The fourth-order valence-corrected chi connectivity index (χ4v) is 3.13. The van der Waals surface area contributed by atoms with Gasteiger partial charge < -0.3 is 5.11 Å². The maximum Gasteiger partial charge on any atom is 0.335 e. The Morgan fingerprint density at radius 2 is 2.15 bits per heavy atom. The molecular weight excluding hydrogens is 250 g/mol. The molecule has 0 amide bonds. The van der Waals surface area contributed by atoms with Crippen molar-refractivity contribution < 1.29 is 9.90 Å². The molecule has 1 aliphatic heterocycles. The van der Waals surface area contributed by atoms with E-state index in [-0.39, 0.29) is 0 Å². The van der Waals surface area contributed by atoms with Gasteiger partial charge in [-0.05, 0) is 56.0 Å². The van der Waals surface area contributed by atoms with Crippen LogP contribution in [0.4, 0.5) is 0 Å². The van der Waals surface area contributed by atoms with Gasteiger partial charge in [-0.1, -0.05) is 25.8 Å². The fraction of sp³-hybridized carbons (Fsp3) is 0.588. The summed E-state index contributed by atoms with van der Waals surface area (Å²) >= 11 is 0. The molecule has 0 radical (unpaired) electrons. The summed E-state index contributed by atoms with van der Waals surface area (Å²) in [6.07, 6.45) is 6.45. The highest BCUT2D eigenvalue weighted by Crippen LogP contribution is 2.22. The van der Waals surface area contributed by atoms with Gasteiger partial charge >= 0.3 is 5.97 Å². The molecule has 1 saturated heterocycles. The zero-order chi connectivity index (χ0) is 14.5. The van der Waals surface area contributed by atoms with E-state index >= 15 is 0 Å². The number of rotatable bonds is 4. The molecule has 0 bridgehead atoms. The molecule has 0 aliphatic carbocycles. The van der Waals surface area contributed by atoms with Crippen molar-refractivity contribution in [2.75, 3.05) is 6.54 Å². The molecule has 1 aromatic rings. The van der Waals surface area contributed by atoms with E-state index in [1.807, 2.05) is 13.0 Å². The van der Waals surface area contributed by atoms with Crippen LogP contribution in [0.1, 0.15) is 60.5 Å². The predicted molar refractivity (Wildman–Crippen MR) is 81.1 cm³/mol. The van der Waals surface area contributed by atoms with Crippen molar-refractivity contribution >= 4 is 5.97 Å². The first-order chi connectivity index (χ1) is 9.61. The molecule has 1 atom stereocenters. The highest BCUT2D eigenvalue weighted by Gasteiger charge is 2.20. The van der Waals surface area contributed by atoms with E-state index in [0.717, 1.165) is 12.1 Å². The van der Waals surface area contributed by atoms with Crippen molar-refractivity contribution in [1.82, 2.24) is 4.90 Å². The van der Waals surface area contributed by atoms with Crippen LogP contribution in [0.5, 0.6) is 0 Å². The average molecular weight is 275 g/mol. The summed E-state index contributed by atoms with van der Waals surface area (Å²) in [5.41, 5.74) is 2.73. The van der Waals surface area contributed by atoms with Crippen LogP contribution in [0.3, 0.4) is 0 Å². The lowest BCUT2D eigenvalue weighted by molar-refractivity contribution is 0.0696.